The predicted molar refractivity (Wildman–Crippen MR) is 152 cm³/mol. The van der Waals surface area contributed by atoms with Crippen molar-refractivity contribution in [1.82, 2.24) is 15.2 Å². The van der Waals surface area contributed by atoms with Crippen molar-refractivity contribution < 1.29 is 21.0 Å². The van der Waals surface area contributed by atoms with Crippen LogP contribution in [0.3, 0.4) is 0 Å². The van der Waals surface area contributed by atoms with Crippen LogP contribution >= 0.6 is 23.2 Å². The van der Waals surface area contributed by atoms with E-state index in [-0.39, 0.29) is 29.2 Å². The second-order valence-corrected chi connectivity index (χ2v) is 13.6. The van der Waals surface area contributed by atoms with Gasteiger partial charge in [0, 0.05) is 22.5 Å². The van der Waals surface area contributed by atoms with Gasteiger partial charge in [-0.3, -0.25) is 14.6 Å². The molecule has 14 heteroatoms. The molecule has 2 aliphatic rings. The van der Waals surface area contributed by atoms with Crippen LogP contribution in [0.25, 0.3) is 0 Å². The number of nitrogens with two attached hydrogens (primary N) is 1. The Hall–Kier alpha value is -2.71. The summed E-state index contributed by atoms with van der Waals surface area (Å²) in [6, 6.07) is 22.6. The second-order valence-electron chi connectivity index (χ2n) is 9.85. The highest BCUT2D eigenvalue weighted by atomic mass is 35.5. The average Bonchev–Trinajstić information content (AvgIpc) is 3.28. The van der Waals surface area contributed by atoms with Crippen LogP contribution in [-0.2, 0) is 30.0 Å². The number of sulfonamides is 1. The van der Waals surface area contributed by atoms with E-state index in [1.165, 1.54) is 29.3 Å². The standard InChI is InChI=1S/C26H27Cl2N5O5S2/c27-20-8-6-18(7-9-20)26(19-14-22(15-19)38-40(30,36)37)24(17-4-2-1-3-5-17)16-33(32-26)25(29)31-39(34,35)23-12-10-21(28)11-13-23/h1-13,19,22,24,32H,14-16H2,(H2,29,31)(H2,30,36,37)/t19?,22?,24-,26?/m1/s1. The Morgan fingerprint density at radius 3 is 2.10 bits per heavy atom. The Kier molecular flexibility index (Phi) is 7.87. The molecule has 1 heterocycles. The van der Waals surface area contributed by atoms with Crippen molar-refractivity contribution >= 4 is 49.5 Å². The highest BCUT2D eigenvalue weighted by Crippen LogP contribution is 2.54. The molecule has 0 radical (unpaired) electrons. The predicted octanol–water partition coefficient (Wildman–Crippen LogP) is 3.70. The van der Waals surface area contributed by atoms with Crippen molar-refractivity contribution in [2.45, 2.75) is 35.3 Å². The van der Waals surface area contributed by atoms with Crippen LogP contribution in [0.15, 0.2) is 83.8 Å². The first-order valence-corrected chi connectivity index (χ1v) is 16.0. The van der Waals surface area contributed by atoms with Crippen LogP contribution in [0.5, 0.6) is 0 Å². The molecule has 1 aliphatic carbocycles. The largest absolute Gasteiger partial charge is 0.333 e. The number of benzene rings is 3. The summed E-state index contributed by atoms with van der Waals surface area (Å²) in [7, 11) is -8.21. The van der Waals surface area contributed by atoms with E-state index >= 15 is 0 Å². The summed E-state index contributed by atoms with van der Waals surface area (Å²) >= 11 is 12.1. The van der Waals surface area contributed by atoms with Crippen LogP contribution in [0.2, 0.25) is 10.0 Å². The number of hydrazine groups is 1. The lowest BCUT2D eigenvalue weighted by molar-refractivity contribution is 0.00219. The van der Waals surface area contributed by atoms with E-state index in [2.05, 4.69) is 10.1 Å². The Morgan fingerprint density at radius 1 is 0.950 bits per heavy atom. The summed E-state index contributed by atoms with van der Waals surface area (Å²) in [5, 5.41) is 16.2. The first kappa shape index (κ1) is 28.8. The van der Waals surface area contributed by atoms with Crippen LogP contribution in [0, 0.1) is 11.3 Å². The van der Waals surface area contributed by atoms with Crippen molar-refractivity contribution in [2.24, 2.45) is 11.1 Å². The van der Waals surface area contributed by atoms with Crippen molar-refractivity contribution in [2.75, 3.05) is 6.54 Å². The molecule has 5 rings (SSSR count). The zero-order valence-electron chi connectivity index (χ0n) is 21.0. The van der Waals surface area contributed by atoms with E-state index in [9.17, 15) is 16.8 Å². The second kappa shape index (κ2) is 10.9. The Bertz CT molecular complexity index is 1600. The molecule has 10 nitrogen and oxygen atoms in total. The quantitative estimate of drug-likeness (QED) is 0.231. The van der Waals surface area contributed by atoms with Gasteiger partial charge < -0.3 is 0 Å². The minimum atomic E-state index is -4.13. The minimum Gasteiger partial charge on any atom is -0.276 e. The van der Waals surface area contributed by atoms with Crippen LogP contribution in [0.4, 0.5) is 0 Å². The number of hydrogen-bond acceptors (Lipinski definition) is 7. The molecule has 2 atom stereocenters. The topological polar surface area (TPSA) is 155 Å². The summed E-state index contributed by atoms with van der Waals surface area (Å²) < 4.78 is 56.6. The lowest BCUT2D eigenvalue weighted by Crippen LogP contribution is -2.58. The molecular formula is C26H27Cl2N5O5S2. The van der Waals surface area contributed by atoms with Gasteiger partial charge in [0.05, 0.1) is 16.5 Å². The maximum atomic E-state index is 13.1. The fourth-order valence-corrected chi connectivity index (χ4v) is 7.30. The van der Waals surface area contributed by atoms with Gasteiger partial charge in [0.25, 0.3) is 10.0 Å². The number of guanidine groups is 1. The lowest BCUT2D eigenvalue weighted by Gasteiger charge is -2.49. The molecule has 1 saturated heterocycles. The van der Waals surface area contributed by atoms with Gasteiger partial charge in [-0.05, 0) is 66.3 Å². The minimum absolute atomic E-state index is 0.0357. The third-order valence-corrected chi connectivity index (χ3v) is 9.79. The summed E-state index contributed by atoms with van der Waals surface area (Å²) in [5.41, 5.74) is 4.38. The average molecular weight is 625 g/mol. The monoisotopic (exact) mass is 623 g/mol. The normalized spacial score (nSPS) is 24.9. The molecule has 212 valence electrons. The molecule has 2 fully saturated rings. The summed E-state index contributed by atoms with van der Waals surface area (Å²) in [6.07, 6.45) is 0.138. The Morgan fingerprint density at radius 2 is 1.52 bits per heavy atom. The third-order valence-electron chi connectivity index (χ3n) is 7.39. The molecule has 5 N–H and O–H groups in total. The molecule has 1 aliphatic heterocycles. The van der Waals surface area contributed by atoms with Crippen molar-refractivity contribution in [1.29, 1.82) is 5.41 Å². The number of nitrogens with zero attached hydrogens (tertiary/aromatic N) is 1. The molecule has 3 aromatic carbocycles. The van der Waals surface area contributed by atoms with E-state index in [0.717, 1.165) is 11.1 Å². The first-order valence-electron chi connectivity index (χ1n) is 12.3. The summed E-state index contributed by atoms with van der Waals surface area (Å²) in [6.45, 7) is 0.242. The van der Waals surface area contributed by atoms with Crippen molar-refractivity contribution in [3.63, 3.8) is 0 Å². The van der Waals surface area contributed by atoms with Gasteiger partial charge in [0.15, 0.2) is 0 Å². The van der Waals surface area contributed by atoms with Gasteiger partial charge in [0.1, 0.15) is 0 Å². The van der Waals surface area contributed by atoms with Crippen LogP contribution < -0.4 is 15.3 Å². The van der Waals surface area contributed by atoms with E-state index in [4.69, 9.17) is 37.9 Å². The molecule has 0 amide bonds. The van der Waals surface area contributed by atoms with Gasteiger partial charge >= 0.3 is 10.3 Å². The van der Waals surface area contributed by atoms with E-state index < -0.39 is 32.0 Å². The van der Waals surface area contributed by atoms with E-state index in [1.807, 2.05) is 42.5 Å². The molecule has 1 saturated carbocycles. The zero-order chi connectivity index (χ0) is 28.7. The van der Waals surface area contributed by atoms with Gasteiger partial charge in [-0.1, -0.05) is 65.7 Å². The molecule has 0 bridgehead atoms. The molecule has 0 aromatic heterocycles. The van der Waals surface area contributed by atoms with E-state index in [0.29, 0.717) is 22.9 Å². The Balaban J connectivity index is 1.52. The first-order chi connectivity index (χ1) is 18.9. The maximum Gasteiger partial charge on any atom is 0.333 e. The van der Waals surface area contributed by atoms with Gasteiger partial charge in [-0.15, -0.1) is 0 Å². The van der Waals surface area contributed by atoms with Gasteiger partial charge in [-0.2, -0.15) is 8.42 Å². The Labute approximate surface area is 243 Å². The fraction of sp³-hybridized carbons (Fsp3) is 0.269. The molecule has 40 heavy (non-hydrogen) atoms. The van der Waals surface area contributed by atoms with Crippen molar-refractivity contribution in [3.8, 4) is 0 Å². The lowest BCUT2D eigenvalue weighted by atomic mass is 9.60. The molecule has 0 spiro atoms. The number of nitrogens with one attached hydrogen (secondary N) is 3. The smallest absolute Gasteiger partial charge is 0.276 e. The number of hydrogen-bond donors (Lipinski definition) is 4. The van der Waals surface area contributed by atoms with Crippen molar-refractivity contribution in [3.05, 3.63) is 100 Å². The third kappa shape index (κ3) is 5.84. The highest BCUT2D eigenvalue weighted by molar-refractivity contribution is 7.90. The van der Waals surface area contributed by atoms with Gasteiger partial charge in [-0.25, -0.2) is 23.7 Å². The molecule has 1 unspecified atom stereocenters. The van der Waals surface area contributed by atoms with E-state index in [1.54, 1.807) is 12.1 Å². The maximum absolute atomic E-state index is 13.1. The number of halogens is 2. The fourth-order valence-electron chi connectivity index (χ4n) is 5.54. The summed E-state index contributed by atoms with van der Waals surface area (Å²) in [5.74, 6) is -0.796. The summed E-state index contributed by atoms with van der Waals surface area (Å²) in [4.78, 5) is -0.0357. The van der Waals surface area contributed by atoms with Crippen LogP contribution in [0.1, 0.15) is 29.9 Å². The number of rotatable bonds is 7. The van der Waals surface area contributed by atoms with Gasteiger partial charge in [0.2, 0.25) is 5.96 Å². The SMILES string of the molecule is N=C(NS(=O)(=O)c1ccc(Cl)cc1)N1C[C@H](c2ccccc2)C(c2ccc(Cl)cc2)(C2CC(OS(N)(=O)=O)C2)N1. The van der Waals surface area contributed by atoms with Crippen LogP contribution in [-0.4, -0.2) is 40.5 Å². The molecular weight excluding hydrogens is 597 g/mol. The molecule has 3 aromatic rings. The highest BCUT2D eigenvalue weighted by Gasteiger charge is 2.58. The zero-order valence-corrected chi connectivity index (χ0v) is 24.1.